The van der Waals surface area contributed by atoms with Gasteiger partial charge in [0.1, 0.15) is 18.4 Å². The van der Waals surface area contributed by atoms with Crippen molar-refractivity contribution in [2.75, 3.05) is 5.32 Å². The van der Waals surface area contributed by atoms with Gasteiger partial charge in [0.2, 0.25) is 5.91 Å². The molecule has 1 aliphatic carbocycles. The Hall–Kier alpha value is -2.96. The third-order valence-electron chi connectivity index (χ3n) is 5.00. The number of rotatable bonds is 3. The summed E-state index contributed by atoms with van der Waals surface area (Å²) in [5.41, 5.74) is 5.25. The van der Waals surface area contributed by atoms with Gasteiger partial charge >= 0.3 is 0 Å². The van der Waals surface area contributed by atoms with Gasteiger partial charge in [-0.05, 0) is 62.8 Å². The van der Waals surface area contributed by atoms with Crippen LogP contribution in [0.2, 0.25) is 0 Å². The zero-order chi connectivity index (χ0) is 18.3. The average Bonchev–Trinajstić information content (AvgIpc) is 3.00. The van der Waals surface area contributed by atoms with Crippen molar-refractivity contribution in [2.45, 2.75) is 46.1 Å². The summed E-state index contributed by atoms with van der Waals surface area (Å²) in [5, 5.41) is 11.4. The van der Waals surface area contributed by atoms with Crippen LogP contribution in [0.15, 0.2) is 29.3 Å². The Labute approximate surface area is 150 Å². The van der Waals surface area contributed by atoms with Crippen molar-refractivity contribution in [1.82, 2.24) is 19.4 Å². The van der Waals surface area contributed by atoms with Gasteiger partial charge in [-0.3, -0.25) is 9.59 Å². The molecule has 26 heavy (non-hydrogen) atoms. The summed E-state index contributed by atoms with van der Waals surface area (Å²) in [6.07, 6.45) is 5.41. The highest BCUT2D eigenvalue weighted by atomic mass is 16.2. The van der Waals surface area contributed by atoms with Gasteiger partial charge in [-0.15, -0.1) is 0 Å². The lowest BCUT2D eigenvalue weighted by Gasteiger charge is -2.10. The molecule has 0 bridgehead atoms. The first kappa shape index (κ1) is 16.5. The van der Waals surface area contributed by atoms with E-state index in [1.165, 1.54) is 11.0 Å². The second-order valence-corrected chi connectivity index (χ2v) is 6.87. The van der Waals surface area contributed by atoms with E-state index in [4.69, 9.17) is 0 Å². The Bertz CT molecular complexity index is 1060. The van der Waals surface area contributed by atoms with E-state index in [-0.39, 0.29) is 18.0 Å². The maximum Gasteiger partial charge on any atom is 0.293 e. The maximum absolute atomic E-state index is 12.8. The number of hydrogen-bond donors (Lipinski definition) is 1. The minimum Gasteiger partial charge on any atom is -0.324 e. The summed E-state index contributed by atoms with van der Waals surface area (Å²) >= 11 is 0. The Morgan fingerprint density at radius 1 is 1.19 bits per heavy atom. The third kappa shape index (κ3) is 2.89. The van der Waals surface area contributed by atoms with Crippen molar-refractivity contribution in [3.05, 3.63) is 57.3 Å². The number of amides is 1. The fourth-order valence-electron chi connectivity index (χ4n) is 3.44. The molecule has 7 heteroatoms. The molecule has 0 saturated carbocycles. The predicted octanol–water partition coefficient (Wildman–Crippen LogP) is 2.03. The third-order valence-corrected chi connectivity index (χ3v) is 5.00. The average molecular weight is 351 g/mol. The van der Waals surface area contributed by atoms with Gasteiger partial charge in [-0.2, -0.15) is 10.2 Å². The molecular formula is C19H21N5O2. The Kier molecular flexibility index (Phi) is 4.06. The van der Waals surface area contributed by atoms with Gasteiger partial charge in [0.15, 0.2) is 0 Å². The van der Waals surface area contributed by atoms with E-state index in [1.807, 2.05) is 32.0 Å². The van der Waals surface area contributed by atoms with Crippen LogP contribution < -0.4 is 10.9 Å². The first-order valence-electron chi connectivity index (χ1n) is 8.86. The number of carbonyl (C=O) groups excluding carboxylic acids is 1. The first-order valence-corrected chi connectivity index (χ1v) is 8.86. The molecule has 3 aromatic rings. The fourth-order valence-corrected chi connectivity index (χ4v) is 3.44. The highest BCUT2D eigenvalue weighted by molar-refractivity contribution is 5.90. The lowest BCUT2D eigenvalue weighted by atomic mass is 9.97. The van der Waals surface area contributed by atoms with Crippen LogP contribution in [0.4, 0.5) is 5.69 Å². The number of aromatic nitrogens is 4. The van der Waals surface area contributed by atoms with Gasteiger partial charge in [-0.1, -0.05) is 6.07 Å². The minimum absolute atomic E-state index is 0.123. The number of carbonyl (C=O) groups is 1. The van der Waals surface area contributed by atoms with Crippen molar-refractivity contribution >= 4 is 17.1 Å². The molecule has 0 spiro atoms. The van der Waals surface area contributed by atoms with Crippen molar-refractivity contribution in [3.63, 3.8) is 0 Å². The number of anilines is 1. The number of nitrogens with one attached hydrogen (secondary N) is 1. The van der Waals surface area contributed by atoms with Crippen molar-refractivity contribution in [2.24, 2.45) is 0 Å². The minimum atomic E-state index is -0.277. The molecule has 0 atom stereocenters. The standard InChI is InChI=1S/C19H21N5O2/c1-12-7-8-14(9-13(12)2)21-17(25)10-23-19(26)18-15-5-3-4-6-16(15)22-24(18)11-20-23/h7-9,11H,3-6,10H2,1-2H3,(H,21,25). The van der Waals surface area contributed by atoms with Crippen LogP contribution >= 0.6 is 0 Å². The number of nitrogens with zero attached hydrogens (tertiary/aromatic N) is 4. The van der Waals surface area contributed by atoms with Gasteiger partial charge in [0.05, 0.1) is 5.69 Å². The topological polar surface area (TPSA) is 81.3 Å². The zero-order valence-corrected chi connectivity index (χ0v) is 15.0. The molecule has 0 radical (unpaired) electrons. The number of fused-ring (bicyclic) bond motifs is 3. The second-order valence-electron chi connectivity index (χ2n) is 6.87. The van der Waals surface area contributed by atoms with E-state index < -0.39 is 0 Å². The lowest BCUT2D eigenvalue weighted by molar-refractivity contribution is -0.117. The first-order chi connectivity index (χ1) is 12.5. The molecule has 1 aromatic carbocycles. The van der Waals surface area contributed by atoms with Crippen LogP contribution in [0.3, 0.4) is 0 Å². The summed E-state index contributed by atoms with van der Waals surface area (Å²) < 4.78 is 2.76. The van der Waals surface area contributed by atoms with Gasteiger partial charge in [-0.25, -0.2) is 9.20 Å². The number of aryl methyl sites for hydroxylation is 4. The highest BCUT2D eigenvalue weighted by Gasteiger charge is 2.20. The van der Waals surface area contributed by atoms with Gasteiger partial charge in [0.25, 0.3) is 5.56 Å². The fraction of sp³-hybridized carbons (Fsp3) is 0.368. The van der Waals surface area contributed by atoms with Crippen LogP contribution in [0, 0.1) is 13.8 Å². The number of hydrogen-bond acceptors (Lipinski definition) is 4. The van der Waals surface area contributed by atoms with Gasteiger partial charge in [0, 0.05) is 11.3 Å². The Morgan fingerprint density at radius 3 is 2.81 bits per heavy atom. The molecule has 1 aliphatic rings. The van der Waals surface area contributed by atoms with Gasteiger partial charge < -0.3 is 5.32 Å². The van der Waals surface area contributed by atoms with E-state index in [1.54, 1.807) is 4.52 Å². The zero-order valence-electron chi connectivity index (χ0n) is 15.0. The van der Waals surface area contributed by atoms with Crippen LogP contribution in [0.5, 0.6) is 0 Å². The molecule has 2 aromatic heterocycles. The summed E-state index contributed by atoms with van der Waals surface area (Å²) in [7, 11) is 0. The summed E-state index contributed by atoms with van der Waals surface area (Å²) in [5.74, 6) is -0.277. The Morgan fingerprint density at radius 2 is 2.00 bits per heavy atom. The normalized spacial score (nSPS) is 13.6. The summed E-state index contributed by atoms with van der Waals surface area (Å²) in [6.45, 7) is 3.89. The van der Waals surface area contributed by atoms with E-state index in [9.17, 15) is 9.59 Å². The molecule has 1 N–H and O–H groups in total. The van der Waals surface area contributed by atoms with E-state index in [2.05, 4.69) is 15.5 Å². The smallest absolute Gasteiger partial charge is 0.293 e. The van der Waals surface area contributed by atoms with E-state index in [0.29, 0.717) is 11.2 Å². The monoisotopic (exact) mass is 351 g/mol. The molecule has 0 saturated heterocycles. The van der Waals surface area contributed by atoms with Crippen molar-refractivity contribution in [3.8, 4) is 0 Å². The molecular weight excluding hydrogens is 330 g/mol. The van der Waals surface area contributed by atoms with Crippen LogP contribution in [-0.4, -0.2) is 25.3 Å². The van der Waals surface area contributed by atoms with Crippen molar-refractivity contribution < 1.29 is 4.79 Å². The van der Waals surface area contributed by atoms with Crippen LogP contribution in [-0.2, 0) is 24.2 Å². The SMILES string of the molecule is Cc1ccc(NC(=O)Cn2ncn3nc4c(c3c2=O)CCCC4)cc1C. The van der Waals surface area contributed by atoms with E-state index >= 15 is 0 Å². The molecule has 2 heterocycles. The highest BCUT2D eigenvalue weighted by Crippen LogP contribution is 2.22. The van der Waals surface area contributed by atoms with E-state index in [0.717, 1.165) is 48.1 Å². The predicted molar refractivity (Wildman–Crippen MR) is 98.4 cm³/mol. The van der Waals surface area contributed by atoms with Crippen molar-refractivity contribution in [1.29, 1.82) is 0 Å². The largest absolute Gasteiger partial charge is 0.324 e. The molecule has 0 fully saturated rings. The molecule has 134 valence electrons. The summed E-state index contributed by atoms with van der Waals surface area (Å²) in [4.78, 5) is 25.2. The lowest BCUT2D eigenvalue weighted by Crippen LogP contribution is -2.31. The van der Waals surface area contributed by atoms with Crippen LogP contribution in [0.1, 0.15) is 35.2 Å². The molecule has 7 nitrogen and oxygen atoms in total. The Balaban J connectivity index is 1.60. The van der Waals surface area contributed by atoms with Crippen LogP contribution in [0.25, 0.3) is 5.52 Å². The maximum atomic E-state index is 12.8. The molecule has 4 rings (SSSR count). The molecule has 0 aliphatic heterocycles. The number of benzene rings is 1. The second kappa shape index (κ2) is 6.40. The quantitative estimate of drug-likeness (QED) is 0.783. The summed E-state index contributed by atoms with van der Waals surface area (Å²) in [6, 6.07) is 5.73. The molecule has 1 amide bonds. The molecule has 0 unspecified atom stereocenters.